The van der Waals surface area contributed by atoms with Gasteiger partial charge < -0.3 is 10.1 Å². The van der Waals surface area contributed by atoms with Crippen molar-refractivity contribution in [2.45, 2.75) is 19.0 Å². The molecule has 1 N–H and O–H groups in total. The van der Waals surface area contributed by atoms with E-state index in [1.54, 1.807) is 26.2 Å². The first-order valence-electron chi connectivity index (χ1n) is 8.10. The highest BCUT2D eigenvalue weighted by molar-refractivity contribution is 7.99. The molecule has 0 unspecified atom stereocenters. The molecule has 0 spiro atoms. The van der Waals surface area contributed by atoms with Crippen LogP contribution in [0, 0.1) is 19.7 Å². The van der Waals surface area contributed by atoms with Crippen LogP contribution in [0.4, 0.5) is 10.1 Å². The highest BCUT2D eigenvalue weighted by Gasteiger charge is 2.15. The third kappa shape index (κ3) is 4.43. The summed E-state index contributed by atoms with van der Waals surface area (Å²) in [6, 6.07) is 10.2. The molecule has 140 valence electrons. The number of tetrazole rings is 1. The second-order valence-electron chi connectivity index (χ2n) is 5.85. The number of nitrogens with zero attached hydrogens (tertiary/aromatic N) is 4. The zero-order valence-corrected chi connectivity index (χ0v) is 15.9. The summed E-state index contributed by atoms with van der Waals surface area (Å²) in [7, 11) is 1.57. The van der Waals surface area contributed by atoms with Crippen LogP contribution in [0.3, 0.4) is 0 Å². The minimum absolute atomic E-state index is 0.0734. The molecule has 0 radical (unpaired) electrons. The van der Waals surface area contributed by atoms with E-state index in [9.17, 15) is 9.18 Å². The number of hydrogen-bond acceptors (Lipinski definition) is 6. The Morgan fingerprint density at radius 2 is 2.07 bits per heavy atom. The highest BCUT2D eigenvalue weighted by atomic mass is 32.2. The molecule has 0 aliphatic heterocycles. The summed E-state index contributed by atoms with van der Waals surface area (Å²) in [4.78, 5) is 12.2. The van der Waals surface area contributed by atoms with E-state index in [2.05, 4.69) is 20.8 Å². The lowest BCUT2D eigenvalue weighted by molar-refractivity contribution is -0.113. The zero-order chi connectivity index (χ0) is 19.4. The molecule has 1 amide bonds. The van der Waals surface area contributed by atoms with Crippen molar-refractivity contribution in [3.63, 3.8) is 0 Å². The summed E-state index contributed by atoms with van der Waals surface area (Å²) in [5.74, 6) is 0.0450. The molecular weight excluding hydrogens is 369 g/mol. The number of benzene rings is 2. The number of carbonyl (C=O) groups excluding carboxylic acids is 1. The molecule has 9 heteroatoms. The average Bonchev–Trinajstić information content (AvgIpc) is 3.11. The predicted octanol–water partition coefficient (Wildman–Crippen LogP) is 3.16. The van der Waals surface area contributed by atoms with E-state index in [4.69, 9.17) is 4.74 Å². The number of hydrogen-bond donors (Lipinski definition) is 1. The van der Waals surface area contributed by atoms with Gasteiger partial charge in [-0.2, -0.15) is 4.68 Å². The smallest absolute Gasteiger partial charge is 0.234 e. The van der Waals surface area contributed by atoms with Crippen LogP contribution in [0.5, 0.6) is 5.75 Å². The second kappa shape index (κ2) is 8.17. The van der Waals surface area contributed by atoms with E-state index < -0.39 is 0 Å². The molecule has 7 nitrogen and oxygen atoms in total. The van der Waals surface area contributed by atoms with Gasteiger partial charge in [-0.1, -0.05) is 23.9 Å². The summed E-state index contributed by atoms with van der Waals surface area (Å²) in [5, 5.41) is 14.8. The first kappa shape index (κ1) is 18.8. The Balaban J connectivity index is 1.71. The predicted molar refractivity (Wildman–Crippen MR) is 101 cm³/mol. The molecule has 0 aliphatic carbocycles. The Morgan fingerprint density at radius 3 is 2.81 bits per heavy atom. The normalized spacial score (nSPS) is 10.7. The van der Waals surface area contributed by atoms with Gasteiger partial charge in [0.05, 0.1) is 12.9 Å². The highest BCUT2D eigenvalue weighted by Crippen LogP contribution is 2.27. The maximum atomic E-state index is 13.6. The summed E-state index contributed by atoms with van der Waals surface area (Å²) in [6.45, 7) is 3.62. The molecule has 3 rings (SSSR count). The molecular formula is C18H18FN5O2S. The van der Waals surface area contributed by atoms with Gasteiger partial charge in [-0.05, 0) is 59.7 Å². The van der Waals surface area contributed by atoms with E-state index in [1.165, 1.54) is 22.5 Å². The van der Waals surface area contributed by atoms with Crippen LogP contribution in [0.25, 0.3) is 5.69 Å². The van der Waals surface area contributed by atoms with E-state index >= 15 is 0 Å². The van der Waals surface area contributed by atoms with Gasteiger partial charge in [-0.15, -0.1) is 5.10 Å². The number of amides is 1. The van der Waals surface area contributed by atoms with Crippen LogP contribution in [-0.2, 0) is 4.79 Å². The third-order valence-electron chi connectivity index (χ3n) is 3.79. The van der Waals surface area contributed by atoms with E-state index in [1.807, 2.05) is 25.1 Å². The number of carbonyl (C=O) groups is 1. The molecule has 1 heterocycles. The van der Waals surface area contributed by atoms with Gasteiger partial charge in [0.2, 0.25) is 11.1 Å². The van der Waals surface area contributed by atoms with Crippen molar-refractivity contribution in [1.82, 2.24) is 20.2 Å². The van der Waals surface area contributed by atoms with Crippen LogP contribution in [0.2, 0.25) is 0 Å². The number of methoxy groups -OCH3 is 1. The summed E-state index contributed by atoms with van der Waals surface area (Å²) in [6.07, 6.45) is 0. The minimum atomic E-state index is -0.365. The maximum absolute atomic E-state index is 13.6. The quantitative estimate of drug-likeness (QED) is 0.655. The van der Waals surface area contributed by atoms with Crippen molar-refractivity contribution in [3.8, 4) is 11.4 Å². The first-order valence-corrected chi connectivity index (χ1v) is 9.08. The SMILES string of the molecule is COc1ccc(C)cc1-n1nnnc1SCC(=O)Nc1ccc(C)c(F)c1. The van der Waals surface area contributed by atoms with Crippen molar-refractivity contribution in [3.05, 3.63) is 53.3 Å². The Morgan fingerprint density at radius 1 is 1.26 bits per heavy atom. The Hall–Kier alpha value is -2.94. The number of thioether (sulfide) groups is 1. The lowest BCUT2D eigenvalue weighted by Gasteiger charge is -2.10. The second-order valence-corrected chi connectivity index (χ2v) is 6.79. The molecule has 0 saturated heterocycles. The molecule has 0 bridgehead atoms. The molecule has 3 aromatic rings. The van der Waals surface area contributed by atoms with Crippen LogP contribution >= 0.6 is 11.8 Å². The number of rotatable bonds is 6. The van der Waals surface area contributed by atoms with Crippen LogP contribution < -0.4 is 10.1 Å². The Kier molecular flexibility index (Phi) is 5.70. The number of aromatic nitrogens is 4. The number of ether oxygens (including phenoxy) is 1. The molecule has 2 aromatic carbocycles. The van der Waals surface area contributed by atoms with Crippen LogP contribution in [0.15, 0.2) is 41.6 Å². The lowest BCUT2D eigenvalue weighted by Crippen LogP contribution is -2.15. The number of nitrogens with one attached hydrogen (secondary N) is 1. The van der Waals surface area contributed by atoms with Crippen molar-refractivity contribution in [2.75, 3.05) is 18.2 Å². The van der Waals surface area contributed by atoms with E-state index in [0.29, 0.717) is 27.8 Å². The maximum Gasteiger partial charge on any atom is 0.234 e. The fourth-order valence-electron chi connectivity index (χ4n) is 2.38. The largest absolute Gasteiger partial charge is 0.494 e. The van der Waals surface area contributed by atoms with Gasteiger partial charge >= 0.3 is 0 Å². The number of aryl methyl sites for hydroxylation is 2. The molecule has 0 aliphatic rings. The Bertz CT molecular complexity index is 976. The Labute approximate surface area is 159 Å². The summed E-state index contributed by atoms with van der Waals surface area (Å²) >= 11 is 1.17. The first-order chi connectivity index (χ1) is 13.0. The third-order valence-corrected chi connectivity index (χ3v) is 4.71. The molecule has 0 fully saturated rings. The monoisotopic (exact) mass is 387 g/mol. The lowest BCUT2D eigenvalue weighted by atomic mass is 10.2. The van der Waals surface area contributed by atoms with E-state index in [-0.39, 0.29) is 17.5 Å². The summed E-state index contributed by atoms with van der Waals surface area (Å²) in [5.41, 5.74) is 2.64. The number of halogens is 1. The topological polar surface area (TPSA) is 81.9 Å². The van der Waals surface area contributed by atoms with Gasteiger partial charge in [0.15, 0.2) is 0 Å². The van der Waals surface area contributed by atoms with Gasteiger partial charge in [-0.25, -0.2) is 4.39 Å². The average molecular weight is 387 g/mol. The van der Waals surface area contributed by atoms with Crippen LogP contribution in [-0.4, -0.2) is 39.0 Å². The van der Waals surface area contributed by atoms with Gasteiger partial charge in [-0.3, -0.25) is 4.79 Å². The fraction of sp³-hybridized carbons (Fsp3) is 0.222. The van der Waals surface area contributed by atoms with E-state index in [0.717, 1.165) is 5.56 Å². The van der Waals surface area contributed by atoms with Gasteiger partial charge in [0, 0.05) is 5.69 Å². The van der Waals surface area contributed by atoms with Crippen molar-refractivity contribution in [1.29, 1.82) is 0 Å². The molecule has 0 atom stereocenters. The minimum Gasteiger partial charge on any atom is -0.494 e. The number of anilines is 1. The molecule has 27 heavy (non-hydrogen) atoms. The van der Waals surface area contributed by atoms with Crippen molar-refractivity contribution < 1.29 is 13.9 Å². The molecule has 1 aromatic heterocycles. The van der Waals surface area contributed by atoms with Gasteiger partial charge in [0.1, 0.15) is 17.3 Å². The molecule has 0 saturated carbocycles. The van der Waals surface area contributed by atoms with Crippen LogP contribution in [0.1, 0.15) is 11.1 Å². The fourth-order valence-corrected chi connectivity index (χ4v) is 3.07. The van der Waals surface area contributed by atoms with Gasteiger partial charge in [0.25, 0.3) is 0 Å². The standard InChI is InChI=1S/C18H18FN5O2S/c1-11-4-7-16(26-3)15(8-11)24-18(21-22-23-24)27-10-17(25)20-13-6-5-12(2)14(19)9-13/h4-9H,10H2,1-3H3,(H,20,25). The summed E-state index contributed by atoms with van der Waals surface area (Å²) < 4.78 is 20.5. The zero-order valence-electron chi connectivity index (χ0n) is 15.1. The van der Waals surface area contributed by atoms with Crippen molar-refractivity contribution in [2.24, 2.45) is 0 Å². The van der Waals surface area contributed by atoms with Crippen molar-refractivity contribution >= 4 is 23.4 Å².